The summed E-state index contributed by atoms with van der Waals surface area (Å²) < 4.78 is 35.9. The fourth-order valence-electron chi connectivity index (χ4n) is 2.89. The predicted octanol–water partition coefficient (Wildman–Crippen LogP) is 5.15. The number of carbonyl (C=O) groups is 1. The molecule has 0 aromatic heterocycles. The summed E-state index contributed by atoms with van der Waals surface area (Å²) in [4.78, 5) is 12.7. The van der Waals surface area contributed by atoms with Gasteiger partial charge in [0.05, 0.1) is 25.9 Å². The summed E-state index contributed by atoms with van der Waals surface area (Å²) >= 11 is 0. The van der Waals surface area contributed by atoms with Gasteiger partial charge >= 0.3 is 13.6 Å². The van der Waals surface area contributed by atoms with E-state index in [1.54, 1.807) is 20.8 Å². The van der Waals surface area contributed by atoms with Crippen molar-refractivity contribution in [3.8, 4) is 0 Å². The van der Waals surface area contributed by atoms with Crippen molar-refractivity contribution in [2.75, 3.05) is 19.8 Å². The maximum Gasteiger partial charge on any atom is 0.345 e. The lowest BCUT2D eigenvalue weighted by atomic mass is 10.0. The maximum atomic E-state index is 13.4. The lowest BCUT2D eigenvalue weighted by Crippen LogP contribution is -2.43. The van der Waals surface area contributed by atoms with Crippen LogP contribution >= 0.6 is 7.60 Å². The van der Waals surface area contributed by atoms with Crippen molar-refractivity contribution < 1.29 is 27.6 Å². The van der Waals surface area contributed by atoms with E-state index >= 15 is 0 Å². The molecule has 1 unspecified atom stereocenters. The highest BCUT2D eigenvalue weighted by Crippen LogP contribution is 2.57. The first-order chi connectivity index (χ1) is 12.4. The van der Waals surface area contributed by atoms with Crippen molar-refractivity contribution in [3.05, 3.63) is 12.2 Å². The number of esters is 1. The van der Waals surface area contributed by atoms with Crippen LogP contribution < -0.4 is 0 Å². The SMILES string of the molecule is CCOC(=O)C([C@@H]1C=C[C@H](O[Si](C)(C)C(C)(C)C)C1)P(=O)(OCC)OCC. The third kappa shape index (κ3) is 6.26. The van der Waals surface area contributed by atoms with Crippen molar-refractivity contribution in [3.63, 3.8) is 0 Å². The number of allylic oxidation sites excluding steroid dienone is 1. The van der Waals surface area contributed by atoms with Crippen LogP contribution in [0.2, 0.25) is 18.1 Å². The fraction of sp³-hybridized carbons (Fsp3) is 0.842. The molecule has 0 radical (unpaired) electrons. The van der Waals surface area contributed by atoms with E-state index in [-0.39, 0.29) is 36.9 Å². The second kappa shape index (κ2) is 9.84. The van der Waals surface area contributed by atoms with Crippen molar-refractivity contribution >= 4 is 21.9 Å². The van der Waals surface area contributed by atoms with Gasteiger partial charge in [0.2, 0.25) is 0 Å². The Balaban J connectivity index is 3.04. The summed E-state index contributed by atoms with van der Waals surface area (Å²) in [6.45, 7) is 16.8. The molecule has 0 aromatic rings. The Labute approximate surface area is 165 Å². The molecule has 158 valence electrons. The Hall–Kier alpha value is -0.463. The Bertz CT molecular complexity index is 559. The van der Waals surface area contributed by atoms with Gasteiger partial charge < -0.3 is 18.2 Å². The fourth-order valence-corrected chi connectivity index (χ4v) is 6.32. The molecule has 0 saturated carbocycles. The third-order valence-electron chi connectivity index (χ3n) is 5.22. The molecular weight excluding hydrogens is 383 g/mol. The second-order valence-electron chi connectivity index (χ2n) is 8.27. The van der Waals surface area contributed by atoms with E-state index in [0.29, 0.717) is 6.42 Å². The Morgan fingerprint density at radius 2 is 1.67 bits per heavy atom. The smallest absolute Gasteiger partial charge is 0.345 e. The van der Waals surface area contributed by atoms with Gasteiger partial charge in [-0.15, -0.1) is 0 Å². The van der Waals surface area contributed by atoms with Crippen molar-refractivity contribution in [1.29, 1.82) is 0 Å². The van der Waals surface area contributed by atoms with Gasteiger partial charge in [-0.2, -0.15) is 0 Å². The third-order valence-corrected chi connectivity index (χ3v) is 12.2. The minimum absolute atomic E-state index is 0.0887. The largest absolute Gasteiger partial charge is 0.465 e. The van der Waals surface area contributed by atoms with Crippen LogP contribution in [0.5, 0.6) is 0 Å². The van der Waals surface area contributed by atoms with Crippen molar-refractivity contribution in [2.45, 2.75) is 77.9 Å². The van der Waals surface area contributed by atoms with Gasteiger partial charge in [0.1, 0.15) is 0 Å². The molecule has 0 bridgehead atoms. The van der Waals surface area contributed by atoms with Crippen LogP contribution in [0, 0.1) is 5.92 Å². The van der Waals surface area contributed by atoms with E-state index < -0.39 is 27.5 Å². The second-order valence-corrected chi connectivity index (χ2v) is 15.2. The lowest BCUT2D eigenvalue weighted by Gasteiger charge is -2.38. The molecule has 27 heavy (non-hydrogen) atoms. The molecule has 0 aromatic carbocycles. The Morgan fingerprint density at radius 1 is 1.11 bits per heavy atom. The summed E-state index contributed by atoms with van der Waals surface area (Å²) in [6, 6.07) is 0. The normalized spacial score (nSPS) is 22.1. The van der Waals surface area contributed by atoms with Crippen LogP contribution in [0.3, 0.4) is 0 Å². The van der Waals surface area contributed by atoms with E-state index in [4.69, 9.17) is 18.2 Å². The quantitative estimate of drug-likeness (QED) is 0.211. The van der Waals surface area contributed by atoms with Crippen LogP contribution in [0.1, 0.15) is 48.0 Å². The predicted molar refractivity (Wildman–Crippen MR) is 111 cm³/mol. The topological polar surface area (TPSA) is 71.1 Å². The lowest BCUT2D eigenvalue weighted by molar-refractivity contribution is -0.143. The van der Waals surface area contributed by atoms with Gasteiger partial charge in [-0.25, -0.2) is 0 Å². The van der Waals surface area contributed by atoms with Gasteiger partial charge in [0, 0.05) is 5.92 Å². The zero-order chi connectivity index (χ0) is 20.9. The van der Waals surface area contributed by atoms with Crippen LogP contribution in [0.15, 0.2) is 12.2 Å². The molecular formula is C19H37O6PSi. The molecule has 0 amide bonds. The summed E-state index contributed by atoms with van der Waals surface area (Å²) in [6.07, 6.45) is 4.34. The van der Waals surface area contributed by atoms with Gasteiger partial charge in [-0.3, -0.25) is 9.36 Å². The van der Waals surface area contributed by atoms with Crippen molar-refractivity contribution in [2.24, 2.45) is 5.92 Å². The molecule has 3 atom stereocenters. The molecule has 0 fully saturated rings. The summed E-state index contributed by atoms with van der Waals surface area (Å²) in [5, 5.41) is 0.0887. The molecule has 0 spiro atoms. The molecule has 1 rings (SSSR count). The molecule has 6 nitrogen and oxygen atoms in total. The van der Waals surface area contributed by atoms with Gasteiger partial charge in [0.25, 0.3) is 0 Å². The number of rotatable bonds is 10. The van der Waals surface area contributed by atoms with Crippen molar-refractivity contribution in [1.82, 2.24) is 0 Å². The Kier molecular flexibility index (Phi) is 8.95. The van der Waals surface area contributed by atoms with Crippen LogP contribution in [0.4, 0.5) is 0 Å². The first kappa shape index (κ1) is 24.6. The Morgan fingerprint density at radius 3 is 2.11 bits per heavy atom. The molecule has 1 aliphatic carbocycles. The average Bonchev–Trinajstić information content (AvgIpc) is 2.94. The molecule has 0 aliphatic heterocycles. The molecule has 0 heterocycles. The number of hydrogen-bond acceptors (Lipinski definition) is 6. The summed E-state index contributed by atoms with van der Waals surface area (Å²) in [5.74, 6) is -0.840. The van der Waals surface area contributed by atoms with Crippen LogP contribution in [-0.4, -0.2) is 45.9 Å². The minimum atomic E-state index is -3.64. The zero-order valence-corrected chi connectivity index (χ0v) is 20.0. The zero-order valence-electron chi connectivity index (χ0n) is 18.1. The first-order valence-electron chi connectivity index (χ1n) is 9.83. The van der Waals surface area contributed by atoms with E-state index in [1.165, 1.54) is 0 Å². The highest BCUT2D eigenvalue weighted by atomic mass is 31.2. The molecule has 0 N–H and O–H groups in total. The van der Waals surface area contributed by atoms with Gasteiger partial charge in [0.15, 0.2) is 14.0 Å². The standard InChI is InChI=1S/C19H37O6PSi/c1-9-22-18(20)17(26(21,23-10-2)24-11-3)15-12-13-16(14-15)25-27(7,8)19(4,5)6/h12-13,15-17H,9-11,14H2,1-8H3/t15-,16+,17?/m1/s1. The van der Waals surface area contributed by atoms with E-state index in [2.05, 4.69) is 33.9 Å². The summed E-state index contributed by atoms with van der Waals surface area (Å²) in [7, 11) is -5.60. The number of carbonyl (C=O) groups excluding carboxylic acids is 1. The van der Waals surface area contributed by atoms with E-state index in [9.17, 15) is 9.36 Å². The molecule has 0 saturated heterocycles. The first-order valence-corrected chi connectivity index (χ1v) is 14.3. The molecule has 1 aliphatic rings. The number of hydrogen-bond donors (Lipinski definition) is 0. The van der Waals surface area contributed by atoms with Crippen LogP contribution in [-0.2, 0) is 27.6 Å². The number of ether oxygens (including phenoxy) is 1. The highest BCUT2D eigenvalue weighted by molar-refractivity contribution is 7.55. The van der Waals surface area contributed by atoms with Gasteiger partial charge in [-0.05, 0) is 45.3 Å². The minimum Gasteiger partial charge on any atom is -0.465 e. The summed E-state index contributed by atoms with van der Waals surface area (Å²) in [5.41, 5.74) is -0.971. The van der Waals surface area contributed by atoms with E-state index in [0.717, 1.165) is 0 Å². The van der Waals surface area contributed by atoms with E-state index in [1.807, 2.05) is 12.2 Å². The highest BCUT2D eigenvalue weighted by Gasteiger charge is 2.49. The average molecular weight is 421 g/mol. The maximum absolute atomic E-state index is 13.4. The van der Waals surface area contributed by atoms with Gasteiger partial charge in [-0.1, -0.05) is 32.9 Å². The molecule has 8 heteroatoms. The monoisotopic (exact) mass is 420 g/mol. The van der Waals surface area contributed by atoms with Crippen LogP contribution in [0.25, 0.3) is 0 Å².